The molecule has 0 aliphatic carbocycles. The second kappa shape index (κ2) is 8.99. The summed E-state index contributed by atoms with van der Waals surface area (Å²) < 4.78 is 5.81. The highest BCUT2D eigenvalue weighted by molar-refractivity contribution is 7.14. The molecule has 0 radical (unpaired) electrons. The molecule has 0 unspecified atom stereocenters. The molecular weight excluding hydrogens is 330 g/mol. The average Bonchev–Trinajstić information content (AvgIpc) is 3.13. The molecule has 1 N–H and O–H groups in total. The van der Waals surface area contributed by atoms with Gasteiger partial charge in [-0.05, 0) is 18.6 Å². The van der Waals surface area contributed by atoms with Crippen LogP contribution < -0.4 is 10.2 Å². The standard InChI is InChI=1S/C20H21N3OS/c1-2-3-13-24-19-12-8-7-11-17(19)14-21-23-20-22-18(15-25-20)16-9-5-4-6-10-16/h4-12,14-15H,2-3,13H2,1H3,(H,22,23). The van der Waals surface area contributed by atoms with Crippen LogP contribution in [0, 0.1) is 0 Å². The maximum Gasteiger partial charge on any atom is 0.203 e. The minimum atomic E-state index is 0.724. The van der Waals surface area contributed by atoms with E-state index in [1.807, 2.05) is 60.0 Å². The van der Waals surface area contributed by atoms with Gasteiger partial charge in [0.05, 0.1) is 18.5 Å². The van der Waals surface area contributed by atoms with E-state index in [9.17, 15) is 0 Å². The van der Waals surface area contributed by atoms with Gasteiger partial charge in [-0.15, -0.1) is 11.3 Å². The molecule has 1 heterocycles. The molecule has 3 aromatic rings. The van der Waals surface area contributed by atoms with E-state index in [4.69, 9.17) is 4.74 Å². The Kier molecular flexibility index (Phi) is 6.17. The molecule has 0 saturated carbocycles. The maximum atomic E-state index is 5.81. The van der Waals surface area contributed by atoms with Gasteiger partial charge in [-0.25, -0.2) is 4.98 Å². The first kappa shape index (κ1) is 17.2. The second-order valence-corrected chi connectivity index (χ2v) is 6.37. The molecule has 2 aromatic carbocycles. The predicted molar refractivity (Wildman–Crippen MR) is 106 cm³/mol. The van der Waals surface area contributed by atoms with Crippen LogP contribution in [-0.4, -0.2) is 17.8 Å². The number of hydrogen-bond acceptors (Lipinski definition) is 5. The minimum Gasteiger partial charge on any atom is -0.493 e. The highest BCUT2D eigenvalue weighted by Gasteiger charge is 2.03. The van der Waals surface area contributed by atoms with Gasteiger partial charge in [-0.2, -0.15) is 5.10 Å². The lowest BCUT2D eigenvalue weighted by atomic mass is 10.2. The molecule has 0 bridgehead atoms. The van der Waals surface area contributed by atoms with Crippen molar-refractivity contribution in [2.24, 2.45) is 5.10 Å². The van der Waals surface area contributed by atoms with Crippen LogP contribution >= 0.6 is 11.3 Å². The minimum absolute atomic E-state index is 0.724. The van der Waals surface area contributed by atoms with Crippen molar-refractivity contribution in [1.82, 2.24) is 4.98 Å². The molecule has 0 spiro atoms. The van der Waals surface area contributed by atoms with E-state index in [2.05, 4.69) is 22.4 Å². The number of nitrogens with zero attached hydrogens (tertiary/aromatic N) is 2. The van der Waals surface area contributed by atoms with E-state index in [0.717, 1.165) is 47.2 Å². The Morgan fingerprint density at radius 3 is 2.76 bits per heavy atom. The van der Waals surface area contributed by atoms with Crippen LogP contribution in [0.1, 0.15) is 25.3 Å². The Bertz CT molecular complexity index is 815. The van der Waals surface area contributed by atoms with Gasteiger partial charge < -0.3 is 4.74 Å². The summed E-state index contributed by atoms with van der Waals surface area (Å²) in [6.45, 7) is 2.88. The molecule has 25 heavy (non-hydrogen) atoms. The molecule has 1 aromatic heterocycles. The van der Waals surface area contributed by atoms with Crippen molar-refractivity contribution in [3.05, 3.63) is 65.5 Å². The third kappa shape index (κ3) is 4.90. The van der Waals surface area contributed by atoms with E-state index >= 15 is 0 Å². The van der Waals surface area contributed by atoms with Crippen molar-refractivity contribution in [1.29, 1.82) is 0 Å². The summed E-state index contributed by atoms with van der Waals surface area (Å²) >= 11 is 1.53. The van der Waals surface area contributed by atoms with E-state index in [0.29, 0.717) is 0 Å². The second-order valence-electron chi connectivity index (χ2n) is 5.51. The van der Waals surface area contributed by atoms with Gasteiger partial charge in [0, 0.05) is 16.5 Å². The van der Waals surface area contributed by atoms with Crippen molar-refractivity contribution in [3.63, 3.8) is 0 Å². The van der Waals surface area contributed by atoms with Gasteiger partial charge in [0.15, 0.2) is 0 Å². The van der Waals surface area contributed by atoms with Gasteiger partial charge >= 0.3 is 0 Å². The van der Waals surface area contributed by atoms with Gasteiger partial charge in [-0.1, -0.05) is 55.8 Å². The van der Waals surface area contributed by atoms with Crippen molar-refractivity contribution < 1.29 is 4.74 Å². The third-order valence-corrected chi connectivity index (χ3v) is 4.36. The summed E-state index contributed by atoms with van der Waals surface area (Å²) in [6, 6.07) is 18.0. The lowest BCUT2D eigenvalue weighted by Gasteiger charge is -2.07. The molecule has 0 aliphatic heterocycles. The molecule has 0 saturated heterocycles. The molecule has 128 valence electrons. The summed E-state index contributed by atoms with van der Waals surface area (Å²) in [5.74, 6) is 0.852. The number of rotatable bonds is 8. The largest absolute Gasteiger partial charge is 0.493 e. The summed E-state index contributed by atoms with van der Waals surface area (Å²) in [6.07, 6.45) is 3.93. The molecule has 0 fully saturated rings. The Balaban J connectivity index is 1.63. The van der Waals surface area contributed by atoms with Gasteiger partial charge in [0.2, 0.25) is 5.13 Å². The van der Waals surface area contributed by atoms with E-state index in [1.165, 1.54) is 11.3 Å². The Labute approximate surface area is 152 Å². The van der Waals surface area contributed by atoms with Gasteiger partial charge in [0.1, 0.15) is 5.75 Å². The van der Waals surface area contributed by atoms with Crippen LogP contribution in [0.15, 0.2) is 65.1 Å². The summed E-state index contributed by atoms with van der Waals surface area (Å²) in [5, 5.41) is 7.09. The number of hydrogen-bond donors (Lipinski definition) is 1. The van der Waals surface area contributed by atoms with Gasteiger partial charge in [0.25, 0.3) is 0 Å². The van der Waals surface area contributed by atoms with Crippen LogP contribution in [0.2, 0.25) is 0 Å². The first-order valence-electron chi connectivity index (χ1n) is 8.38. The van der Waals surface area contributed by atoms with Crippen LogP contribution in [0.25, 0.3) is 11.3 Å². The van der Waals surface area contributed by atoms with E-state index in [-0.39, 0.29) is 0 Å². The molecular formula is C20H21N3OS. The summed E-state index contributed by atoms with van der Waals surface area (Å²) in [7, 11) is 0. The zero-order chi connectivity index (χ0) is 17.3. The number of unbranched alkanes of at least 4 members (excludes halogenated alkanes) is 1. The quantitative estimate of drug-likeness (QED) is 0.334. The van der Waals surface area contributed by atoms with Crippen LogP contribution in [0.5, 0.6) is 5.75 Å². The Morgan fingerprint density at radius 2 is 1.92 bits per heavy atom. The number of hydrazone groups is 1. The van der Waals surface area contributed by atoms with Crippen molar-refractivity contribution in [2.75, 3.05) is 12.0 Å². The average molecular weight is 351 g/mol. The van der Waals surface area contributed by atoms with Crippen molar-refractivity contribution in [2.45, 2.75) is 19.8 Å². The third-order valence-electron chi connectivity index (χ3n) is 3.61. The first-order chi connectivity index (χ1) is 12.4. The molecule has 0 atom stereocenters. The van der Waals surface area contributed by atoms with Crippen LogP contribution in [0.4, 0.5) is 5.13 Å². The lowest BCUT2D eigenvalue weighted by Crippen LogP contribution is -2.00. The Morgan fingerprint density at radius 1 is 1.12 bits per heavy atom. The number of ether oxygens (including phenoxy) is 1. The van der Waals surface area contributed by atoms with Crippen molar-refractivity contribution in [3.8, 4) is 17.0 Å². The maximum absolute atomic E-state index is 5.81. The fourth-order valence-electron chi connectivity index (χ4n) is 2.27. The molecule has 0 amide bonds. The topological polar surface area (TPSA) is 46.5 Å². The molecule has 3 rings (SSSR count). The molecule has 5 heteroatoms. The zero-order valence-electron chi connectivity index (χ0n) is 14.2. The number of nitrogens with one attached hydrogen (secondary N) is 1. The monoisotopic (exact) mass is 351 g/mol. The normalized spacial score (nSPS) is 10.9. The SMILES string of the molecule is CCCCOc1ccccc1C=NNc1nc(-c2ccccc2)cs1. The van der Waals surface area contributed by atoms with Crippen LogP contribution in [0.3, 0.4) is 0 Å². The zero-order valence-corrected chi connectivity index (χ0v) is 15.0. The summed E-state index contributed by atoms with van der Waals surface area (Å²) in [4.78, 5) is 4.56. The van der Waals surface area contributed by atoms with Gasteiger partial charge in [-0.3, -0.25) is 5.43 Å². The van der Waals surface area contributed by atoms with E-state index < -0.39 is 0 Å². The fourth-order valence-corrected chi connectivity index (χ4v) is 2.94. The number of thiazole rings is 1. The summed E-state index contributed by atoms with van der Waals surface area (Å²) in [5.41, 5.74) is 6.00. The predicted octanol–water partition coefficient (Wildman–Crippen LogP) is 5.44. The fraction of sp³-hybridized carbons (Fsp3) is 0.200. The number of anilines is 1. The first-order valence-corrected chi connectivity index (χ1v) is 9.26. The van der Waals surface area contributed by atoms with E-state index in [1.54, 1.807) is 6.21 Å². The van der Waals surface area contributed by atoms with Crippen LogP contribution in [-0.2, 0) is 0 Å². The highest BCUT2D eigenvalue weighted by atomic mass is 32.1. The molecule has 4 nitrogen and oxygen atoms in total. The van der Waals surface area contributed by atoms with Crippen molar-refractivity contribution >= 4 is 22.7 Å². The highest BCUT2D eigenvalue weighted by Crippen LogP contribution is 2.24. The Hall–Kier alpha value is -2.66. The smallest absolute Gasteiger partial charge is 0.203 e. The number of benzene rings is 2. The number of para-hydroxylation sites is 1. The lowest BCUT2D eigenvalue weighted by molar-refractivity contribution is 0.309. The molecule has 0 aliphatic rings. The number of aromatic nitrogens is 1.